The lowest BCUT2D eigenvalue weighted by Gasteiger charge is -2.24. The van der Waals surface area contributed by atoms with Crippen LogP contribution in [0.1, 0.15) is 30.1 Å². The molecule has 1 unspecified atom stereocenters. The van der Waals surface area contributed by atoms with Crippen molar-refractivity contribution in [3.8, 4) is 0 Å². The van der Waals surface area contributed by atoms with Crippen LogP contribution in [0, 0.1) is 0 Å². The van der Waals surface area contributed by atoms with Crippen LogP contribution in [-0.2, 0) is 4.79 Å². The molecule has 1 aliphatic heterocycles. The van der Waals surface area contributed by atoms with Gasteiger partial charge in [0.2, 0.25) is 5.91 Å². The van der Waals surface area contributed by atoms with Crippen molar-refractivity contribution in [2.45, 2.75) is 25.8 Å². The Bertz CT molecular complexity index is 584. The van der Waals surface area contributed by atoms with Crippen molar-refractivity contribution in [3.05, 3.63) is 33.8 Å². The third kappa shape index (κ3) is 5.24. The lowest BCUT2D eigenvalue weighted by molar-refractivity contribution is -0.124. The lowest BCUT2D eigenvalue weighted by Crippen LogP contribution is -2.47. The molecule has 1 aromatic rings. The van der Waals surface area contributed by atoms with Crippen molar-refractivity contribution in [1.82, 2.24) is 15.5 Å². The second kappa shape index (κ2) is 10.1. The first-order chi connectivity index (χ1) is 11.0. The van der Waals surface area contributed by atoms with Crippen molar-refractivity contribution >= 4 is 47.4 Å². The van der Waals surface area contributed by atoms with E-state index in [2.05, 4.69) is 10.6 Å². The minimum atomic E-state index is -0.445. The number of rotatable bonds is 6. The zero-order chi connectivity index (χ0) is 16.8. The van der Waals surface area contributed by atoms with Crippen LogP contribution in [0.5, 0.6) is 0 Å². The van der Waals surface area contributed by atoms with Gasteiger partial charge in [-0.2, -0.15) is 0 Å². The van der Waals surface area contributed by atoms with Gasteiger partial charge in [0, 0.05) is 24.7 Å². The number of nitrogens with zero attached hydrogens (tertiary/aromatic N) is 1. The Balaban J connectivity index is 0.00000288. The number of likely N-dealkylation sites (tertiary alicyclic amines) is 1. The van der Waals surface area contributed by atoms with Crippen LogP contribution in [0.25, 0.3) is 0 Å². The van der Waals surface area contributed by atoms with Gasteiger partial charge in [-0.1, -0.05) is 30.1 Å². The van der Waals surface area contributed by atoms with Gasteiger partial charge >= 0.3 is 0 Å². The topological polar surface area (TPSA) is 61.4 Å². The normalized spacial score (nSPS) is 16.6. The van der Waals surface area contributed by atoms with Crippen molar-refractivity contribution < 1.29 is 9.59 Å². The Morgan fingerprint density at radius 3 is 2.75 bits per heavy atom. The molecule has 0 aromatic heterocycles. The predicted octanol–water partition coefficient (Wildman–Crippen LogP) is 2.75. The average Bonchev–Trinajstić information content (AvgIpc) is 3.02. The second-order valence-corrected chi connectivity index (χ2v) is 6.27. The highest BCUT2D eigenvalue weighted by Gasteiger charge is 2.35. The molecule has 1 saturated heterocycles. The number of amides is 2. The molecule has 2 rings (SSSR count). The van der Waals surface area contributed by atoms with Gasteiger partial charge in [-0.3, -0.25) is 9.59 Å². The summed E-state index contributed by atoms with van der Waals surface area (Å²) in [5.74, 6) is -0.367. The number of carbonyl (C=O) groups excluding carboxylic acids is 2. The lowest BCUT2D eigenvalue weighted by atomic mass is 10.1. The van der Waals surface area contributed by atoms with Crippen LogP contribution >= 0.6 is 35.6 Å². The fourth-order valence-electron chi connectivity index (χ4n) is 2.67. The van der Waals surface area contributed by atoms with Gasteiger partial charge in [0.15, 0.2) is 0 Å². The Kier molecular flexibility index (Phi) is 8.84. The maximum atomic E-state index is 12.7. The van der Waals surface area contributed by atoms with Gasteiger partial charge < -0.3 is 15.5 Å². The molecule has 1 fully saturated rings. The molecule has 1 aromatic carbocycles. The third-order valence-electron chi connectivity index (χ3n) is 3.83. The van der Waals surface area contributed by atoms with Crippen molar-refractivity contribution in [1.29, 1.82) is 0 Å². The summed E-state index contributed by atoms with van der Waals surface area (Å²) >= 11 is 12.0. The number of hydrogen-bond donors (Lipinski definition) is 2. The van der Waals surface area contributed by atoms with Crippen LogP contribution in [-0.4, -0.2) is 48.9 Å². The average molecular weight is 395 g/mol. The highest BCUT2D eigenvalue weighted by Crippen LogP contribution is 2.26. The molecule has 0 spiro atoms. The summed E-state index contributed by atoms with van der Waals surface area (Å²) in [6.45, 7) is 4.67. The largest absolute Gasteiger partial charge is 0.353 e. The van der Waals surface area contributed by atoms with Crippen LogP contribution in [0.2, 0.25) is 10.0 Å². The summed E-state index contributed by atoms with van der Waals surface area (Å²) in [5.41, 5.74) is 0.339. The molecule has 0 aliphatic carbocycles. The summed E-state index contributed by atoms with van der Waals surface area (Å²) in [5, 5.41) is 6.80. The molecule has 134 valence electrons. The molecule has 2 N–H and O–H groups in total. The summed E-state index contributed by atoms with van der Waals surface area (Å²) in [6, 6.07) is 4.33. The Hall–Kier alpha value is -1.01. The fraction of sp³-hybridized carbons (Fsp3) is 0.500. The van der Waals surface area contributed by atoms with Gasteiger partial charge in [-0.25, -0.2) is 0 Å². The standard InChI is InChI=1S/C16H21Cl2N3O2.ClH/c1-2-19-7-8-20-15(22)14-4-3-9-21(14)16(23)12-10-11(17)5-6-13(12)18;/h5-6,10,14,19H,2-4,7-9H2,1H3,(H,20,22);1H. The van der Waals surface area contributed by atoms with E-state index in [1.165, 1.54) is 0 Å². The summed E-state index contributed by atoms with van der Waals surface area (Å²) in [6.07, 6.45) is 1.46. The second-order valence-electron chi connectivity index (χ2n) is 5.43. The van der Waals surface area contributed by atoms with Crippen LogP contribution < -0.4 is 10.6 Å². The molecular weight excluding hydrogens is 373 g/mol. The maximum absolute atomic E-state index is 12.7. The Morgan fingerprint density at radius 2 is 2.04 bits per heavy atom. The summed E-state index contributed by atoms with van der Waals surface area (Å²) < 4.78 is 0. The molecule has 1 atom stereocenters. The molecule has 5 nitrogen and oxygen atoms in total. The minimum absolute atomic E-state index is 0. The molecule has 0 radical (unpaired) electrons. The van der Waals surface area contributed by atoms with E-state index in [0.29, 0.717) is 41.7 Å². The third-order valence-corrected chi connectivity index (χ3v) is 4.39. The van der Waals surface area contributed by atoms with E-state index in [0.717, 1.165) is 13.0 Å². The molecule has 24 heavy (non-hydrogen) atoms. The van der Waals surface area contributed by atoms with Gasteiger partial charge in [-0.15, -0.1) is 12.4 Å². The molecule has 1 aliphatic rings. The first-order valence-corrected chi connectivity index (χ1v) is 8.54. The molecule has 8 heteroatoms. The SMILES string of the molecule is CCNCCNC(=O)C1CCCN1C(=O)c1cc(Cl)ccc1Cl.Cl. The van der Waals surface area contributed by atoms with E-state index in [1.54, 1.807) is 23.1 Å². The molecule has 0 saturated carbocycles. The van der Waals surface area contributed by atoms with E-state index < -0.39 is 6.04 Å². The van der Waals surface area contributed by atoms with Crippen molar-refractivity contribution in [2.24, 2.45) is 0 Å². The van der Waals surface area contributed by atoms with Crippen molar-refractivity contribution in [3.63, 3.8) is 0 Å². The minimum Gasteiger partial charge on any atom is -0.353 e. The predicted molar refractivity (Wildman–Crippen MR) is 99.3 cm³/mol. The summed E-state index contributed by atoms with van der Waals surface area (Å²) in [4.78, 5) is 26.6. The maximum Gasteiger partial charge on any atom is 0.256 e. The highest BCUT2D eigenvalue weighted by atomic mass is 35.5. The van der Waals surface area contributed by atoms with Gasteiger partial charge in [0.1, 0.15) is 6.04 Å². The van der Waals surface area contributed by atoms with Gasteiger partial charge in [0.05, 0.1) is 10.6 Å². The molecule has 1 heterocycles. The van der Waals surface area contributed by atoms with E-state index in [1.807, 2.05) is 6.92 Å². The molecular formula is C16H22Cl3N3O2. The number of likely N-dealkylation sites (N-methyl/N-ethyl adjacent to an activating group) is 1. The van der Waals surface area contributed by atoms with E-state index >= 15 is 0 Å². The van der Waals surface area contributed by atoms with E-state index in [4.69, 9.17) is 23.2 Å². The van der Waals surface area contributed by atoms with Crippen LogP contribution in [0.15, 0.2) is 18.2 Å². The van der Waals surface area contributed by atoms with Crippen molar-refractivity contribution in [2.75, 3.05) is 26.2 Å². The first kappa shape index (κ1) is 21.0. The van der Waals surface area contributed by atoms with E-state index in [9.17, 15) is 9.59 Å². The summed E-state index contributed by atoms with van der Waals surface area (Å²) in [7, 11) is 0. The molecule has 0 bridgehead atoms. The van der Waals surface area contributed by atoms with Crippen LogP contribution in [0.4, 0.5) is 0 Å². The van der Waals surface area contributed by atoms with E-state index in [-0.39, 0.29) is 24.2 Å². The van der Waals surface area contributed by atoms with Crippen LogP contribution in [0.3, 0.4) is 0 Å². The smallest absolute Gasteiger partial charge is 0.256 e. The Labute approximate surface area is 158 Å². The number of carbonyl (C=O) groups is 2. The molecule has 2 amide bonds. The monoisotopic (exact) mass is 393 g/mol. The number of nitrogens with one attached hydrogen (secondary N) is 2. The highest BCUT2D eigenvalue weighted by molar-refractivity contribution is 6.35. The zero-order valence-corrected chi connectivity index (χ0v) is 15.8. The fourth-order valence-corrected chi connectivity index (χ4v) is 3.04. The van der Waals surface area contributed by atoms with Gasteiger partial charge in [0.25, 0.3) is 5.91 Å². The van der Waals surface area contributed by atoms with Gasteiger partial charge in [-0.05, 0) is 37.6 Å². The first-order valence-electron chi connectivity index (χ1n) is 7.79. The number of hydrogen-bond acceptors (Lipinski definition) is 3. The quantitative estimate of drug-likeness (QED) is 0.729. The number of halogens is 3. The Morgan fingerprint density at radius 1 is 1.29 bits per heavy atom. The number of benzene rings is 1. The zero-order valence-electron chi connectivity index (χ0n) is 13.5.